The number of hydrogen-bond donors (Lipinski definition) is 0. The molecular formula is C14H12N4O5S. The molecule has 0 amide bonds. The van der Waals surface area contributed by atoms with Crippen LogP contribution in [-0.2, 0) is 17.2 Å². The number of aromatic nitrogens is 3. The SMILES string of the molecule is Cc1nn(C)c2ncc(S(=O)(=O)Oc3cccc([N+](=O)[O-])c3)cc12. The summed E-state index contributed by atoms with van der Waals surface area (Å²) >= 11 is 0. The number of nitro benzene ring substituents is 1. The molecule has 0 unspecified atom stereocenters. The van der Waals surface area contributed by atoms with Crippen molar-refractivity contribution in [1.82, 2.24) is 14.8 Å². The Morgan fingerprint density at radius 3 is 2.75 bits per heavy atom. The molecule has 2 aromatic heterocycles. The number of pyridine rings is 1. The first-order valence-electron chi connectivity index (χ1n) is 6.76. The molecular weight excluding hydrogens is 336 g/mol. The van der Waals surface area contributed by atoms with Gasteiger partial charge in [0.05, 0.1) is 22.9 Å². The molecule has 0 saturated carbocycles. The van der Waals surface area contributed by atoms with Crippen LogP contribution in [0, 0.1) is 17.0 Å². The summed E-state index contributed by atoms with van der Waals surface area (Å²) in [5.74, 6) is -0.146. The summed E-state index contributed by atoms with van der Waals surface area (Å²) in [6, 6.07) is 6.36. The summed E-state index contributed by atoms with van der Waals surface area (Å²) in [4.78, 5) is 14.1. The zero-order valence-corrected chi connectivity index (χ0v) is 13.5. The lowest BCUT2D eigenvalue weighted by Gasteiger charge is -2.07. The minimum absolute atomic E-state index is 0.146. The number of fused-ring (bicyclic) bond motifs is 1. The third-order valence-corrected chi connectivity index (χ3v) is 4.57. The van der Waals surface area contributed by atoms with Gasteiger partial charge in [-0.2, -0.15) is 13.5 Å². The normalized spacial score (nSPS) is 11.6. The van der Waals surface area contributed by atoms with Crippen LogP contribution >= 0.6 is 0 Å². The maximum Gasteiger partial charge on any atom is 0.340 e. The maximum atomic E-state index is 12.4. The second kappa shape index (κ2) is 5.57. The zero-order valence-electron chi connectivity index (χ0n) is 12.7. The van der Waals surface area contributed by atoms with Gasteiger partial charge in [-0.1, -0.05) is 6.07 Å². The van der Waals surface area contributed by atoms with Crippen molar-refractivity contribution in [3.63, 3.8) is 0 Å². The fraction of sp³-hybridized carbons (Fsp3) is 0.143. The molecule has 124 valence electrons. The van der Waals surface area contributed by atoms with E-state index in [9.17, 15) is 18.5 Å². The van der Waals surface area contributed by atoms with Gasteiger partial charge in [0.1, 0.15) is 10.6 Å². The summed E-state index contributed by atoms with van der Waals surface area (Å²) in [6.45, 7) is 1.74. The highest BCUT2D eigenvalue weighted by Gasteiger charge is 2.20. The standard InChI is InChI=1S/C14H12N4O5S/c1-9-13-7-12(8-15-14(13)17(2)16-9)24(21,22)23-11-5-3-4-10(6-11)18(19)20/h3-8H,1-2H3. The van der Waals surface area contributed by atoms with Crippen molar-refractivity contribution in [2.24, 2.45) is 7.05 Å². The Balaban J connectivity index is 2.00. The molecule has 1 aromatic carbocycles. The van der Waals surface area contributed by atoms with Crippen molar-refractivity contribution in [3.8, 4) is 5.75 Å². The van der Waals surface area contributed by atoms with Crippen molar-refractivity contribution in [1.29, 1.82) is 0 Å². The van der Waals surface area contributed by atoms with Crippen molar-refractivity contribution < 1.29 is 17.5 Å². The number of aryl methyl sites for hydroxylation is 2. The Morgan fingerprint density at radius 1 is 1.29 bits per heavy atom. The molecule has 0 saturated heterocycles. The van der Waals surface area contributed by atoms with Gasteiger partial charge < -0.3 is 4.18 Å². The van der Waals surface area contributed by atoms with Crippen LogP contribution in [0.2, 0.25) is 0 Å². The molecule has 0 N–H and O–H groups in total. The van der Waals surface area contributed by atoms with Crippen LogP contribution in [0.25, 0.3) is 11.0 Å². The van der Waals surface area contributed by atoms with Crippen LogP contribution in [-0.4, -0.2) is 28.1 Å². The lowest BCUT2D eigenvalue weighted by molar-refractivity contribution is -0.384. The van der Waals surface area contributed by atoms with Crippen molar-refractivity contribution in [2.45, 2.75) is 11.8 Å². The highest BCUT2D eigenvalue weighted by molar-refractivity contribution is 7.87. The van der Waals surface area contributed by atoms with Gasteiger partial charge in [0.2, 0.25) is 0 Å². The Bertz CT molecular complexity index is 1060. The minimum atomic E-state index is -4.18. The van der Waals surface area contributed by atoms with Crippen molar-refractivity contribution in [2.75, 3.05) is 0 Å². The lowest BCUT2D eigenvalue weighted by atomic mass is 10.3. The Morgan fingerprint density at radius 2 is 2.04 bits per heavy atom. The highest BCUT2D eigenvalue weighted by Crippen LogP contribution is 2.25. The average molecular weight is 348 g/mol. The van der Waals surface area contributed by atoms with Crippen LogP contribution < -0.4 is 4.18 Å². The quantitative estimate of drug-likeness (QED) is 0.402. The Hall–Kier alpha value is -3.01. The lowest BCUT2D eigenvalue weighted by Crippen LogP contribution is -2.10. The van der Waals surface area contributed by atoms with E-state index in [2.05, 4.69) is 10.1 Å². The second-order valence-corrected chi connectivity index (χ2v) is 6.59. The van der Waals surface area contributed by atoms with E-state index in [0.29, 0.717) is 16.7 Å². The maximum absolute atomic E-state index is 12.4. The van der Waals surface area contributed by atoms with Crippen molar-refractivity contribution >= 4 is 26.8 Å². The first-order chi connectivity index (χ1) is 11.3. The molecule has 0 aliphatic rings. The molecule has 0 fully saturated rings. The molecule has 0 bridgehead atoms. The van der Waals surface area contributed by atoms with E-state index in [1.54, 1.807) is 18.7 Å². The van der Waals surface area contributed by atoms with E-state index < -0.39 is 15.0 Å². The molecule has 0 radical (unpaired) electrons. The van der Waals surface area contributed by atoms with E-state index in [4.69, 9.17) is 4.18 Å². The predicted octanol–water partition coefficient (Wildman–Crippen LogP) is 1.95. The molecule has 9 nitrogen and oxygen atoms in total. The fourth-order valence-electron chi connectivity index (χ4n) is 2.25. The van der Waals surface area contributed by atoms with Crippen molar-refractivity contribution in [3.05, 3.63) is 52.3 Å². The number of benzene rings is 1. The molecule has 0 aliphatic carbocycles. The number of non-ortho nitro benzene ring substituents is 1. The summed E-state index contributed by atoms with van der Waals surface area (Å²) in [5.41, 5.74) is 0.911. The van der Waals surface area contributed by atoms with E-state index in [1.165, 1.54) is 24.3 Å². The van der Waals surface area contributed by atoms with Gasteiger partial charge in [-0.05, 0) is 19.1 Å². The van der Waals surface area contributed by atoms with Crippen LogP contribution in [0.4, 0.5) is 5.69 Å². The zero-order chi connectivity index (χ0) is 17.5. The van der Waals surface area contributed by atoms with Gasteiger partial charge >= 0.3 is 10.1 Å². The van der Waals surface area contributed by atoms with E-state index >= 15 is 0 Å². The van der Waals surface area contributed by atoms with Crippen LogP contribution in [0.5, 0.6) is 5.75 Å². The third-order valence-electron chi connectivity index (χ3n) is 3.36. The third kappa shape index (κ3) is 2.78. The molecule has 24 heavy (non-hydrogen) atoms. The monoisotopic (exact) mass is 348 g/mol. The molecule has 3 rings (SSSR count). The average Bonchev–Trinajstić information content (AvgIpc) is 2.81. The van der Waals surface area contributed by atoms with E-state index in [1.807, 2.05) is 0 Å². The number of hydrogen-bond acceptors (Lipinski definition) is 7. The largest absolute Gasteiger partial charge is 0.379 e. The van der Waals surface area contributed by atoms with Gasteiger partial charge in [-0.15, -0.1) is 0 Å². The van der Waals surface area contributed by atoms with E-state index in [-0.39, 0.29) is 16.3 Å². The molecule has 0 aliphatic heterocycles. The van der Waals surface area contributed by atoms with Crippen LogP contribution in [0.15, 0.2) is 41.4 Å². The minimum Gasteiger partial charge on any atom is -0.379 e. The summed E-state index contributed by atoms with van der Waals surface area (Å²) in [5, 5.41) is 15.5. The predicted molar refractivity (Wildman–Crippen MR) is 84.2 cm³/mol. The summed E-state index contributed by atoms with van der Waals surface area (Å²) in [7, 11) is -2.47. The van der Waals surface area contributed by atoms with Gasteiger partial charge in [0.25, 0.3) is 5.69 Å². The van der Waals surface area contributed by atoms with Gasteiger partial charge in [-0.25, -0.2) is 4.98 Å². The second-order valence-electron chi connectivity index (χ2n) is 5.04. The number of rotatable bonds is 4. The van der Waals surface area contributed by atoms with Gasteiger partial charge in [-0.3, -0.25) is 14.8 Å². The molecule has 3 aromatic rings. The number of nitro groups is 1. The van der Waals surface area contributed by atoms with E-state index in [0.717, 1.165) is 12.3 Å². The first kappa shape index (κ1) is 15.9. The van der Waals surface area contributed by atoms with Crippen LogP contribution in [0.3, 0.4) is 0 Å². The highest BCUT2D eigenvalue weighted by atomic mass is 32.2. The number of nitrogens with zero attached hydrogens (tertiary/aromatic N) is 4. The summed E-state index contributed by atoms with van der Waals surface area (Å²) < 4.78 is 31.3. The first-order valence-corrected chi connectivity index (χ1v) is 8.17. The summed E-state index contributed by atoms with van der Waals surface area (Å²) in [6.07, 6.45) is 1.16. The molecule has 10 heteroatoms. The topological polar surface area (TPSA) is 117 Å². The Kier molecular flexibility index (Phi) is 3.68. The molecule has 0 atom stereocenters. The molecule has 2 heterocycles. The van der Waals surface area contributed by atoms with Gasteiger partial charge in [0.15, 0.2) is 5.65 Å². The fourth-order valence-corrected chi connectivity index (χ4v) is 3.15. The smallest absolute Gasteiger partial charge is 0.340 e. The van der Waals surface area contributed by atoms with Gasteiger partial charge in [0, 0.05) is 18.5 Å². The van der Waals surface area contributed by atoms with Crippen LogP contribution in [0.1, 0.15) is 5.69 Å². The Labute approximate surface area is 136 Å². The molecule has 0 spiro atoms.